The molecule has 8 heteroatoms. The molecule has 0 aliphatic heterocycles. The number of thiazole rings is 1. The van der Waals surface area contributed by atoms with Crippen LogP contribution in [0.15, 0.2) is 77.9 Å². The van der Waals surface area contributed by atoms with E-state index < -0.39 is 0 Å². The number of aromatic nitrogens is 4. The molecule has 32 heavy (non-hydrogen) atoms. The molecule has 0 amide bonds. The van der Waals surface area contributed by atoms with Crippen molar-refractivity contribution in [3.8, 4) is 22.9 Å². The average Bonchev–Trinajstić information content (AvgIpc) is 3.38. The van der Waals surface area contributed by atoms with Gasteiger partial charge in [-0.15, -0.1) is 5.10 Å². The SMILES string of the molecule is COc1cc(/C=c2/sc3nc(-c4ccncc4)nn3c2=O)ccc1OCc1ccccc1. The largest absolute Gasteiger partial charge is 0.493 e. The first kappa shape index (κ1) is 19.9. The summed E-state index contributed by atoms with van der Waals surface area (Å²) in [6, 6.07) is 19.1. The number of nitrogens with zero attached hydrogens (tertiary/aromatic N) is 4. The lowest BCUT2D eigenvalue weighted by molar-refractivity contribution is 0.284. The third kappa shape index (κ3) is 3.95. The molecule has 5 aromatic rings. The average molecular weight is 443 g/mol. The monoisotopic (exact) mass is 442 g/mol. The smallest absolute Gasteiger partial charge is 0.291 e. The van der Waals surface area contributed by atoms with Crippen LogP contribution >= 0.6 is 11.3 Å². The zero-order chi connectivity index (χ0) is 21.9. The molecule has 0 bridgehead atoms. The normalized spacial score (nSPS) is 11.7. The molecule has 0 spiro atoms. The molecule has 0 saturated heterocycles. The van der Waals surface area contributed by atoms with Gasteiger partial charge in [0, 0.05) is 18.0 Å². The highest BCUT2D eigenvalue weighted by molar-refractivity contribution is 7.15. The number of hydrogen-bond acceptors (Lipinski definition) is 7. The van der Waals surface area contributed by atoms with Crippen molar-refractivity contribution in [2.24, 2.45) is 0 Å². The minimum absolute atomic E-state index is 0.207. The highest BCUT2D eigenvalue weighted by Crippen LogP contribution is 2.29. The zero-order valence-corrected chi connectivity index (χ0v) is 18.0. The van der Waals surface area contributed by atoms with E-state index in [0.717, 1.165) is 16.7 Å². The van der Waals surface area contributed by atoms with Crippen LogP contribution in [-0.4, -0.2) is 26.7 Å². The Hall–Kier alpha value is -4.04. The topological polar surface area (TPSA) is 78.6 Å². The molecule has 3 heterocycles. The summed E-state index contributed by atoms with van der Waals surface area (Å²) in [7, 11) is 1.59. The van der Waals surface area contributed by atoms with Crippen LogP contribution in [0.2, 0.25) is 0 Å². The second kappa shape index (κ2) is 8.60. The summed E-state index contributed by atoms with van der Waals surface area (Å²) in [6.45, 7) is 0.443. The Balaban J connectivity index is 1.43. The summed E-state index contributed by atoms with van der Waals surface area (Å²) in [5, 5.41) is 4.36. The number of rotatable bonds is 6. The first-order valence-electron chi connectivity index (χ1n) is 9.88. The van der Waals surface area contributed by atoms with Gasteiger partial charge in [0.2, 0.25) is 4.96 Å². The molecule has 0 N–H and O–H groups in total. The fourth-order valence-corrected chi connectivity index (χ4v) is 4.14. The van der Waals surface area contributed by atoms with Crippen LogP contribution in [0.1, 0.15) is 11.1 Å². The van der Waals surface area contributed by atoms with Gasteiger partial charge in [0.25, 0.3) is 5.56 Å². The van der Waals surface area contributed by atoms with Crippen molar-refractivity contribution in [1.29, 1.82) is 0 Å². The van der Waals surface area contributed by atoms with Crippen LogP contribution in [0.3, 0.4) is 0 Å². The fraction of sp³-hybridized carbons (Fsp3) is 0.0833. The van der Waals surface area contributed by atoms with Gasteiger partial charge in [-0.05, 0) is 41.5 Å². The van der Waals surface area contributed by atoms with E-state index in [4.69, 9.17) is 9.47 Å². The van der Waals surface area contributed by atoms with E-state index >= 15 is 0 Å². The molecule has 0 aliphatic carbocycles. The van der Waals surface area contributed by atoms with E-state index in [9.17, 15) is 4.79 Å². The maximum absolute atomic E-state index is 12.8. The van der Waals surface area contributed by atoms with Crippen molar-refractivity contribution in [3.05, 3.63) is 99.1 Å². The third-order valence-electron chi connectivity index (χ3n) is 4.84. The second-order valence-electron chi connectivity index (χ2n) is 6.97. The molecule has 0 saturated carbocycles. The molecular weight excluding hydrogens is 424 g/mol. The van der Waals surface area contributed by atoms with Gasteiger partial charge in [0.1, 0.15) is 6.61 Å². The Kier molecular flexibility index (Phi) is 5.35. The van der Waals surface area contributed by atoms with E-state index in [2.05, 4.69) is 15.1 Å². The predicted octanol–water partition coefficient (Wildman–Crippen LogP) is 3.35. The maximum atomic E-state index is 12.8. The van der Waals surface area contributed by atoms with Crippen molar-refractivity contribution < 1.29 is 9.47 Å². The van der Waals surface area contributed by atoms with Crippen molar-refractivity contribution in [3.63, 3.8) is 0 Å². The van der Waals surface area contributed by atoms with Crippen molar-refractivity contribution >= 4 is 22.4 Å². The first-order chi connectivity index (χ1) is 15.7. The predicted molar refractivity (Wildman–Crippen MR) is 123 cm³/mol. The molecule has 5 rings (SSSR count). The van der Waals surface area contributed by atoms with Crippen LogP contribution in [0.4, 0.5) is 0 Å². The Labute approximate surface area is 187 Å². The summed E-state index contributed by atoms with van der Waals surface area (Å²) >= 11 is 1.29. The van der Waals surface area contributed by atoms with Gasteiger partial charge in [0.15, 0.2) is 17.3 Å². The highest BCUT2D eigenvalue weighted by Gasteiger charge is 2.12. The molecule has 7 nitrogen and oxygen atoms in total. The number of hydrogen-bond donors (Lipinski definition) is 0. The third-order valence-corrected chi connectivity index (χ3v) is 5.80. The van der Waals surface area contributed by atoms with E-state index in [1.165, 1.54) is 15.9 Å². The van der Waals surface area contributed by atoms with Gasteiger partial charge in [-0.2, -0.15) is 9.50 Å². The lowest BCUT2D eigenvalue weighted by Gasteiger charge is -2.11. The van der Waals surface area contributed by atoms with E-state index in [1.54, 1.807) is 25.6 Å². The number of ether oxygens (including phenoxy) is 2. The van der Waals surface area contributed by atoms with Crippen LogP contribution in [0.5, 0.6) is 11.5 Å². The second-order valence-corrected chi connectivity index (χ2v) is 7.98. The Morgan fingerprint density at radius 1 is 1.03 bits per heavy atom. The summed E-state index contributed by atoms with van der Waals surface area (Å²) in [6.07, 6.45) is 5.14. The van der Waals surface area contributed by atoms with Crippen LogP contribution < -0.4 is 19.6 Å². The Morgan fingerprint density at radius 2 is 1.84 bits per heavy atom. The molecule has 0 radical (unpaired) electrons. The molecule has 158 valence electrons. The van der Waals surface area contributed by atoms with Gasteiger partial charge in [0.05, 0.1) is 11.6 Å². The van der Waals surface area contributed by atoms with E-state index in [0.29, 0.717) is 33.4 Å². The van der Waals surface area contributed by atoms with Gasteiger partial charge in [-0.1, -0.05) is 47.7 Å². The minimum Gasteiger partial charge on any atom is -0.493 e. The maximum Gasteiger partial charge on any atom is 0.291 e. The number of pyridine rings is 1. The molecule has 3 aromatic heterocycles. The van der Waals surface area contributed by atoms with E-state index in [-0.39, 0.29) is 5.56 Å². The molecule has 0 atom stereocenters. The van der Waals surface area contributed by atoms with Crippen LogP contribution in [0, 0.1) is 0 Å². The number of methoxy groups -OCH3 is 1. The fourth-order valence-electron chi connectivity index (χ4n) is 3.24. The summed E-state index contributed by atoms with van der Waals surface area (Å²) in [4.78, 5) is 21.9. The van der Waals surface area contributed by atoms with Crippen molar-refractivity contribution in [2.75, 3.05) is 7.11 Å². The van der Waals surface area contributed by atoms with Crippen LogP contribution in [0.25, 0.3) is 22.4 Å². The first-order valence-corrected chi connectivity index (χ1v) is 10.7. The molecular formula is C24H18N4O3S. The van der Waals surface area contributed by atoms with Crippen molar-refractivity contribution in [2.45, 2.75) is 6.61 Å². The van der Waals surface area contributed by atoms with Gasteiger partial charge in [-0.3, -0.25) is 9.78 Å². The molecule has 0 fully saturated rings. The summed E-state index contributed by atoms with van der Waals surface area (Å²) < 4.78 is 13.3. The van der Waals surface area contributed by atoms with Gasteiger partial charge in [-0.25, -0.2) is 0 Å². The molecule has 0 unspecified atom stereocenters. The summed E-state index contributed by atoms with van der Waals surface area (Å²) in [5.41, 5.74) is 2.50. The van der Waals surface area contributed by atoms with Gasteiger partial charge < -0.3 is 9.47 Å². The highest BCUT2D eigenvalue weighted by atomic mass is 32.1. The Bertz CT molecular complexity index is 1480. The molecule has 2 aromatic carbocycles. The van der Waals surface area contributed by atoms with Crippen LogP contribution in [-0.2, 0) is 6.61 Å². The van der Waals surface area contributed by atoms with Crippen molar-refractivity contribution in [1.82, 2.24) is 19.6 Å². The molecule has 0 aliphatic rings. The quantitative estimate of drug-likeness (QED) is 0.401. The summed E-state index contributed by atoms with van der Waals surface area (Å²) in [5.74, 6) is 1.74. The standard InChI is InChI=1S/C24H18N4O3S/c1-30-20-13-17(7-8-19(20)31-15-16-5-3-2-4-6-16)14-21-23(29)28-24(32-21)26-22(27-28)18-9-11-25-12-10-18/h2-14H,15H2,1H3/b21-14+. The number of benzene rings is 2. The number of fused-ring (bicyclic) bond motifs is 1. The van der Waals surface area contributed by atoms with Gasteiger partial charge >= 0.3 is 0 Å². The minimum atomic E-state index is -0.207. The zero-order valence-electron chi connectivity index (χ0n) is 17.1. The lowest BCUT2D eigenvalue weighted by atomic mass is 10.2. The Morgan fingerprint density at radius 3 is 2.59 bits per heavy atom. The lowest BCUT2D eigenvalue weighted by Crippen LogP contribution is -2.23. The van der Waals surface area contributed by atoms with E-state index in [1.807, 2.05) is 60.7 Å².